The van der Waals surface area contributed by atoms with Crippen molar-refractivity contribution >= 4 is 11.7 Å². The zero-order valence-electron chi connectivity index (χ0n) is 14.8. The van der Waals surface area contributed by atoms with Crippen molar-refractivity contribution in [2.45, 2.75) is 25.4 Å². The predicted octanol–water partition coefficient (Wildman–Crippen LogP) is 2.29. The van der Waals surface area contributed by atoms with E-state index in [9.17, 15) is 4.79 Å². The number of nitrogens with zero attached hydrogens (tertiary/aromatic N) is 2. The topological polar surface area (TPSA) is 77.7 Å². The number of rotatable bonds is 7. The molecule has 0 aliphatic carbocycles. The summed E-state index contributed by atoms with van der Waals surface area (Å²) in [6.07, 6.45) is 3.86. The van der Waals surface area contributed by atoms with Crippen molar-refractivity contribution in [3.63, 3.8) is 0 Å². The number of benzene rings is 1. The fourth-order valence-corrected chi connectivity index (χ4v) is 3.03. The first-order valence-electron chi connectivity index (χ1n) is 8.98. The number of hydrogen-bond acceptors (Lipinski definition) is 5. The highest BCUT2D eigenvalue weighted by Crippen LogP contribution is 2.15. The number of aromatic nitrogens is 1. The number of carbonyl (C=O) groups is 1. The molecule has 2 N–H and O–H groups in total. The Bertz CT molecular complexity index is 708. The van der Waals surface area contributed by atoms with Crippen molar-refractivity contribution in [3.05, 3.63) is 54.2 Å². The molecule has 6 nitrogen and oxygen atoms in total. The molecular formula is C20H25N3O3. The van der Waals surface area contributed by atoms with Crippen molar-refractivity contribution in [3.8, 4) is 5.75 Å². The summed E-state index contributed by atoms with van der Waals surface area (Å²) in [6, 6.07) is 13.4. The zero-order valence-corrected chi connectivity index (χ0v) is 14.8. The lowest BCUT2D eigenvalue weighted by atomic mass is 10.1. The van der Waals surface area contributed by atoms with Gasteiger partial charge in [-0.15, -0.1) is 0 Å². The van der Waals surface area contributed by atoms with Gasteiger partial charge in [0.2, 0.25) is 5.91 Å². The molecular weight excluding hydrogens is 330 g/mol. The van der Waals surface area contributed by atoms with Gasteiger partial charge >= 0.3 is 0 Å². The Morgan fingerprint density at radius 3 is 2.96 bits per heavy atom. The summed E-state index contributed by atoms with van der Waals surface area (Å²) >= 11 is 0. The quantitative estimate of drug-likeness (QED) is 0.824. The highest BCUT2D eigenvalue weighted by Gasteiger charge is 2.23. The van der Waals surface area contributed by atoms with E-state index in [2.05, 4.69) is 4.98 Å². The second-order valence-corrected chi connectivity index (χ2v) is 6.37. The second kappa shape index (κ2) is 9.20. The highest BCUT2D eigenvalue weighted by molar-refractivity contribution is 5.76. The summed E-state index contributed by atoms with van der Waals surface area (Å²) in [5.41, 5.74) is 6.85. The third-order valence-electron chi connectivity index (χ3n) is 4.42. The molecule has 138 valence electrons. The van der Waals surface area contributed by atoms with Gasteiger partial charge in [0.05, 0.1) is 25.7 Å². The number of nitrogens with two attached hydrogens (primary N) is 1. The largest absolute Gasteiger partial charge is 0.493 e. The molecule has 3 rings (SSSR count). The van der Waals surface area contributed by atoms with Gasteiger partial charge in [0, 0.05) is 19.3 Å². The van der Waals surface area contributed by atoms with Crippen molar-refractivity contribution in [2.75, 3.05) is 32.0 Å². The van der Waals surface area contributed by atoms with Crippen LogP contribution >= 0.6 is 0 Å². The summed E-state index contributed by atoms with van der Waals surface area (Å²) in [4.78, 5) is 18.3. The van der Waals surface area contributed by atoms with Crippen LogP contribution in [0.5, 0.6) is 5.75 Å². The minimum atomic E-state index is 0.0529. The smallest absolute Gasteiger partial charge is 0.226 e. The zero-order chi connectivity index (χ0) is 18.2. The van der Waals surface area contributed by atoms with Crippen LogP contribution in [0.1, 0.15) is 18.4 Å². The maximum Gasteiger partial charge on any atom is 0.226 e. The molecule has 0 spiro atoms. The van der Waals surface area contributed by atoms with Crippen LogP contribution in [0.15, 0.2) is 48.7 Å². The molecule has 1 saturated heterocycles. The van der Waals surface area contributed by atoms with Gasteiger partial charge in [-0.3, -0.25) is 4.79 Å². The van der Waals surface area contributed by atoms with Crippen LogP contribution in [0, 0.1) is 0 Å². The molecule has 0 radical (unpaired) electrons. The average Bonchev–Trinajstić information content (AvgIpc) is 2.67. The van der Waals surface area contributed by atoms with Gasteiger partial charge in [-0.05, 0) is 42.7 Å². The third-order valence-corrected chi connectivity index (χ3v) is 4.42. The maximum absolute atomic E-state index is 12.4. The summed E-state index contributed by atoms with van der Waals surface area (Å²) in [5.74, 6) is 1.43. The summed E-state index contributed by atoms with van der Waals surface area (Å²) in [7, 11) is 0. The van der Waals surface area contributed by atoms with Gasteiger partial charge < -0.3 is 20.1 Å². The van der Waals surface area contributed by atoms with Gasteiger partial charge in [-0.1, -0.05) is 18.2 Å². The van der Waals surface area contributed by atoms with E-state index in [1.807, 2.05) is 47.4 Å². The molecule has 6 heteroatoms. The number of ether oxygens (including phenoxy) is 2. The predicted molar refractivity (Wildman–Crippen MR) is 99.8 cm³/mol. The van der Waals surface area contributed by atoms with Crippen molar-refractivity contribution in [2.24, 2.45) is 0 Å². The number of amides is 1. The SMILES string of the molecule is Nc1cc(CCC2CN(C(=O)CCOc3ccccc3)CCO2)ccn1. The Kier molecular flexibility index (Phi) is 6.44. The second-order valence-electron chi connectivity index (χ2n) is 6.37. The van der Waals surface area contributed by atoms with Crippen LogP contribution in [0.2, 0.25) is 0 Å². The van der Waals surface area contributed by atoms with E-state index in [4.69, 9.17) is 15.2 Å². The van der Waals surface area contributed by atoms with Crippen molar-refractivity contribution < 1.29 is 14.3 Å². The van der Waals surface area contributed by atoms with Gasteiger partial charge in [0.1, 0.15) is 11.6 Å². The Morgan fingerprint density at radius 1 is 1.31 bits per heavy atom. The molecule has 0 saturated carbocycles. The number of aryl methyl sites for hydroxylation is 1. The number of carbonyl (C=O) groups excluding carboxylic acids is 1. The normalized spacial score (nSPS) is 17.1. The Labute approximate surface area is 153 Å². The van der Waals surface area contributed by atoms with Crippen LogP contribution in [0.25, 0.3) is 0 Å². The van der Waals surface area contributed by atoms with Crippen LogP contribution in [0.4, 0.5) is 5.82 Å². The van der Waals surface area contributed by atoms with E-state index < -0.39 is 0 Å². The van der Waals surface area contributed by atoms with Gasteiger partial charge in [0.15, 0.2) is 0 Å². The van der Waals surface area contributed by atoms with Crippen LogP contribution in [-0.2, 0) is 16.0 Å². The maximum atomic E-state index is 12.4. The highest BCUT2D eigenvalue weighted by atomic mass is 16.5. The first-order chi connectivity index (χ1) is 12.7. The minimum absolute atomic E-state index is 0.0529. The summed E-state index contributed by atoms with van der Waals surface area (Å²) in [5, 5.41) is 0. The fourth-order valence-electron chi connectivity index (χ4n) is 3.03. The molecule has 1 aromatic carbocycles. The summed E-state index contributed by atoms with van der Waals surface area (Å²) in [6.45, 7) is 2.24. The van der Waals surface area contributed by atoms with E-state index in [-0.39, 0.29) is 12.0 Å². The Morgan fingerprint density at radius 2 is 2.15 bits per heavy atom. The van der Waals surface area contributed by atoms with E-state index in [1.54, 1.807) is 6.20 Å². The molecule has 1 aliphatic rings. The average molecular weight is 355 g/mol. The molecule has 2 aromatic rings. The van der Waals surface area contributed by atoms with Gasteiger partial charge in [-0.25, -0.2) is 4.98 Å². The molecule has 0 bridgehead atoms. The van der Waals surface area contributed by atoms with Crippen LogP contribution < -0.4 is 10.5 Å². The Hall–Kier alpha value is -2.60. The first kappa shape index (κ1) is 18.2. The van der Waals surface area contributed by atoms with Crippen molar-refractivity contribution in [1.29, 1.82) is 0 Å². The number of anilines is 1. The molecule has 1 aliphatic heterocycles. The number of para-hydroxylation sites is 1. The number of hydrogen-bond donors (Lipinski definition) is 1. The van der Waals surface area contributed by atoms with Gasteiger partial charge in [-0.2, -0.15) is 0 Å². The lowest BCUT2D eigenvalue weighted by molar-refractivity contribution is -0.139. The monoisotopic (exact) mass is 355 g/mol. The minimum Gasteiger partial charge on any atom is -0.493 e. The molecule has 1 unspecified atom stereocenters. The van der Waals surface area contributed by atoms with E-state index in [0.29, 0.717) is 38.5 Å². The fraction of sp³-hybridized carbons (Fsp3) is 0.400. The number of morpholine rings is 1. The Balaban J connectivity index is 1.41. The van der Waals surface area contributed by atoms with E-state index >= 15 is 0 Å². The lowest BCUT2D eigenvalue weighted by Gasteiger charge is -2.33. The van der Waals surface area contributed by atoms with Gasteiger partial charge in [0.25, 0.3) is 0 Å². The molecule has 1 fully saturated rings. The van der Waals surface area contributed by atoms with E-state index in [1.165, 1.54) is 0 Å². The number of nitrogen functional groups attached to an aromatic ring is 1. The van der Waals surface area contributed by atoms with Crippen LogP contribution in [-0.4, -0.2) is 48.2 Å². The van der Waals surface area contributed by atoms with E-state index in [0.717, 1.165) is 24.2 Å². The first-order valence-corrected chi connectivity index (χ1v) is 8.98. The molecule has 1 amide bonds. The molecule has 26 heavy (non-hydrogen) atoms. The number of pyridine rings is 1. The third kappa shape index (κ3) is 5.46. The standard InChI is InChI=1S/C20H25N3O3/c21-19-14-16(8-10-22-19)6-7-18-15-23(11-13-26-18)20(24)9-12-25-17-4-2-1-3-5-17/h1-5,8,10,14,18H,6-7,9,11-13,15H2,(H2,21,22). The molecule has 2 heterocycles. The lowest BCUT2D eigenvalue weighted by Crippen LogP contribution is -2.46. The van der Waals surface area contributed by atoms with Crippen LogP contribution in [0.3, 0.4) is 0 Å². The molecule has 1 atom stereocenters. The van der Waals surface area contributed by atoms with Crippen molar-refractivity contribution in [1.82, 2.24) is 9.88 Å². The summed E-state index contributed by atoms with van der Waals surface area (Å²) < 4.78 is 11.4. The molecule has 1 aromatic heterocycles.